The third-order valence-corrected chi connectivity index (χ3v) is 3.02. The number of ether oxygens (including phenoxy) is 1. The predicted molar refractivity (Wildman–Crippen MR) is 75.9 cm³/mol. The second-order valence-corrected chi connectivity index (χ2v) is 4.53. The van der Waals surface area contributed by atoms with Gasteiger partial charge in [0.1, 0.15) is 6.10 Å². The van der Waals surface area contributed by atoms with Crippen molar-refractivity contribution in [2.45, 2.75) is 20.0 Å². The van der Waals surface area contributed by atoms with Gasteiger partial charge in [-0.3, -0.25) is 0 Å². The normalized spacial score (nSPS) is 11.9. The number of nitrogen functional groups attached to an aromatic ring is 1. The van der Waals surface area contributed by atoms with Crippen molar-refractivity contribution in [1.29, 1.82) is 0 Å². The molecule has 0 bridgehead atoms. The molecule has 0 saturated carbocycles. The number of esters is 1. The lowest BCUT2D eigenvalue weighted by molar-refractivity contribution is 0.0337. The maximum absolute atomic E-state index is 12.1. The van der Waals surface area contributed by atoms with Gasteiger partial charge in [-0.1, -0.05) is 30.3 Å². The molecule has 0 aromatic heterocycles. The van der Waals surface area contributed by atoms with Crippen LogP contribution in [0.25, 0.3) is 0 Å². The van der Waals surface area contributed by atoms with Crippen molar-refractivity contribution in [2.24, 2.45) is 0 Å². The van der Waals surface area contributed by atoms with Crippen molar-refractivity contribution in [3.63, 3.8) is 0 Å². The van der Waals surface area contributed by atoms with Crippen LogP contribution in [0.2, 0.25) is 0 Å². The number of benzene rings is 2. The Morgan fingerprint density at radius 2 is 1.84 bits per heavy atom. The summed E-state index contributed by atoms with van der Waals surface area (Å²) in [5.41, 5.74) is 8.66. The summed E-state index contributed by atoms with van der Waals surface area (Å²) >= 11 is 0. The average Bonchev–Trinajstić information content (AvgIpc) is 2.39. The summed E-state index contributed by atoms with van der Waals surface area (Å²) in [6, 6.07) is 14.8. The fourth-order valence-electron chi connectivity index (χ4n) is 1.93. The Balaban J connectivity index is 2.13. The van der Waals surface area contributed by atoms with Gasteiger partial charge in [-0.15, -0.1) is 0 Å². The van der Waals surface area contributed by atoms with Gasteiger partial charge in [0.25, 0.3) is 0 Å². The molecule has 0 aliphatic rings. The molecule has 0 aliphatic carbocycles. The topological polar surface area (TPSA) is 52.3 Å². The summed E-state index contributed by atoms with van der Waals surface area (Å²) in [5, 5.41) is 0. The molecular formula is C16H17NO2. The standard InChI is InChI=1S/C16H17NO2/c1-11-10-14(17)8-9-15(11)16(18)19-12(2)13-6-4-3-5-7-13/h3-10,12H,17H2,1-2H3. The fourth-order valence-corrected chi connectivity index (χ4v) is 1.93. The van der Waals surface area contributed by atoms with E-state index in [0.29, 0.717) is 11.3 Å². The summed E-state index contributed by atoms with van der Waals surface area (Å²) in [7, 11) is 0. The van der Waals surface area contributed by atoms with E-state index in [4.69, 9.17) is 10.5 Å². The number of rotatable bonds is 3. The molecule has 1 unspecified atom stereocenters. The van der Waals surface area contributed by atoms with Gasteiger partial charge in [-0.25, -0.2) is 4.79 Å². The van der Waals surface area contributed by atoms with Crippen LogP contribution in [0.4, 0.5) is 5.69 Å². The summed E-state index contributed by atoms with van der Waals surface area (Å²) in [5.74, 6) is -0.325. The zero-order valence-corrected chi connectivity index (χ0v) is 11.1. The molecule has 2 aromatic carbocycles. The van der Waals surface area contributed by atoms with Crippen LogP contribution in [0.3, 0.4) is 0 Å². The first-order valence-corrected chi connectivity index (χ1v) is 6.20. The molecular weight excluding hydrogens is 238 g/mol. The quantitative estimate of drug-likeness (QED) is 0.674. The van der Waals surface area contributed by atoms with Gasteiger partial charge in [0.15, 0.2) is 0 Å². The predicted octanol–water partition coefficient (Wildman–Crippen LogP) is 3.50. The lowest BCUT2D eigenvalue weighted by Gasteiger charge is -2.14. The molecule has 2 rings (SSSR count). The second kappa shape index (κ2) is 5.57. The van der Waals surface area contributed by atoms with Crippen LogP contribution in [0.1, 0.15) is 34.5 Å². The van der Waals surface area contributed by atoms with Gasteiger partial charge in [0.05, 0.1) is 5.56 Å². The monoisotopic (exact) mass is 255 g/mol. The molecule has 0 spiro atoms. The van der Waals surface area contributed by atoms with E-state index in [1.165, 1.54) is 0 Å². The number of anilines is 1. The smallest absolute Gasteiger partial charge is 0.338 e. The average molecular weight is 255 g/mol. The zero-order valence-electron chi connectivity index (χ0n) is 11.1. The van der Waals surface area contributed by atoms with Crippen molar-refractivity contribution in [1.82, 2.24) is 0 Å². The number of carbonyl (C=O) groups is 1. The molecule has 3 nitrogen and oxygen atoms in total. The number of carbonyl (C=O) groups excluding carboxylic acids is 1. The summed E-state index contributed by atoms with van der Waals surface area (Å²) in [6.45, 7) is 3.71. The highest BCUT2D eigenvalue weighted by molar-refractivity contribution is 5.91. The largest absolute Gasteiger partial charge is 0.454 e. The Kier molecular flexibility index (Phi) is 3.85. The molecule has 98 valence electrons. The Bertz CT molecular complexity index is 579. The Morgan fingerprint density at radius 1 is 1.16 bits per heavy atom. The Hall–Kier alpha value is -2.29. The van der Waals surface area contributed by atoms with E-state index in [2.05, 4.69) is 0 Å². The van der Waals surface area contributed by atoms with Crippen molar-refractivity contribution in [3.05, 3.63) is 65.2 Å². The van der Waals surface area contributed by atoms with E-state index in [1.807, 2.05) is 44.2 Å². The second-order valence-electron chi connectivity index (χ2n) is 4.53. The zero-order chi connectivity index (χ0) is 13.8. The Morgan fingerprint density at radius 3 is 2.47 bits per heavy atom. The third kappa shape index (κ3) is 3.13. The van der Waals surface area contributed by atoms with Crippen LogP contribution in [0.15, 0.2) is 48.5 Å². The van der Waals surface area contributed by atoms with Crippen LogP contribution in [-0.4, -0.2) is 5.97 Å². The Labute approximate surface area is 113 Å². The molecule has 2 N–H and O–H groups in total. The molecule has 0 fully saturated rings. The minimum atomic E-state index is -0.325. The van der Waals surface area contributed by atoms with Gasteiger partial charge in [0.2, 0.25) is 0 Å². The van der Waals surface area contributed by atoms with E-state index in [9.17, 15) is 4.79 Å². The first-order valence-electron chi connectivity index (χ1n) is 6.20. The SMILES string of the molecule is Cc1cc(N)ccc1C(=O)OC(C)c1ccccc1. The lowest BCUT2D eigenvalue weighted by atomic mass is 10.1. The minimum absolute atomic E-state index is 0.273. The van der Waals surface area contributed by atoms with Crippen LogP contribution in [-0.2, 0) is 4.74 Å². The number of nitrogens with two attached hydrogens (primary N) is 1. The van der Waals surface area contributed by atoms with Crippen molar-refractivity contribution < 1.29 is 9.53 Å². The third-order valence-electron chi connectivity index (χ3n) is 3.02. The summed E-state index contributed by atoms with van der Waals surface area (Å²) in [6.07, 6.45) is -0.273. The maximum atomic E-state index is 12.1. The van der Waals surface area contributed by atoms with E-state index < -0.39 is 0 Å². The van der Waals surface area contributed by atoms with Gasteiger partial charge in [0, 0.05) is 5.69 Å². The van der Waals surface area contributed by atoms with Crippen LogP contribution in [0, 0.1) is 6.92 Å². The molecule has 1 atom stereocenters. The van der Waals surface area contributed by atoms with Crippen LogP contribution >= 0.6 is 0 Å². The van der Waals surface area contributed by atoms with E-state index in [1.54, 1.807) is 18.2 Å². The van der Waals surface area contributed by atoms with Crippen LogP contribution < -0.4 is 5.73 Å². The summed E-state index contributed by atoms with van der Waals surface area (Å²) in [4.78, 5) is 12.1. The lowest BCUT2D eigenvalue weighted by Crippen LogP contribution is -2.10. The molecule has 2 aromatic rings. The van der Waals surface area contributed by atoms with Crippen LogP contribution in [0.5, 0.6) is 0 Å². The van der Waals surface area contributed by atoms with E-state index in [0.717, 1.165) is 11.1 Å². The van der Waals surface area contributed by atoms with Gasteiger partial charge < -0.3 is 10.5 Å². The first-order chi connectivity index (χ1) is 9.08. The van der Waals surface area contributed by atoms with Crippen molar-refractivity contribution in [3.8, 4) is 0 Å². The molecule has 3 heteroatoms. The molecule has 0 amide bonds. The van der Waals surface area contributed by atoms with Gasteiger partial charge >= 0.3 is 5.97 Å². The highest BCUT2D eigenvalue weighted by atomic mass is 16.5. The van der Waals surface area contributed by atoms with Gasteiger partial charge in [-0.05, 0) is 43.2 Å². The summed E-state index contributed by atoms with van der Waals surface area (Å²) < 4.78 is 5.46. The van der Waals surface area contributed by atoms with Crippen molar-refractivity contribution in [2.75, 3.05) is 5.73 Å². The molecule has 0 radical (unpaired) electrons. The van der Waals surface area contributed by atoms with E-state index in [-0.39, 0.29) is 12.1 Å². The number of hydrogen-bond acceptors (Lipinski definition) is 3. The van der Waals surface area contributed by atoms with Crippen molar-refractivity contribution >= 4 is 11.7 Å². The number of hydrogen-bond donors (Lipinski definition) is 1. The van der Waals surface area contributed by atoms with E-state index >= 15 is 0 Å². The maximum Gasteiger partial charge on any atom is 0.338 e. The minimum Gasteiger partial charge on any atom is -0.454 e. The highest BCUT2D eigenvalue weighted by Crippen LogP contribution is 2.20. The number of aryl methyl sites for hydroxylation is 1. The molecule has 0 aliphatic heterocycles. The first kappa shape index (κ1) is 13.1. The molecule has 0 saturated heterocycles. The highest BCUT2D eigenvalue weighted by Gasteiger charge is 2.15. The molecule has 19 heavy (non-hydrogen) atoms. The molecule has 0 heterocycles. The van der Waals surface area contributed by atoms with Gasteiger partial charge in [-0.2, -0.15) is 0 Å². The fraction of sp³-hybridized carbons (Fsp3) is 0.188.